The van der Waals surface area contributed by atoms with Crippen LogP contribution in [0.25, 0.3) is 21.8 Å². The van der Waals surface area contributed by atoms with Crippen molar-refractivity contribution in [1.29, 1.82) is 0 Å². The summed E-state index contributed by atoms with van der Waals surface area (Å²) in [5.74, 6) is -7.57. The van der Waals surface area contributed by atoms with E-state index in [1.165, 1.54) is 24.3 Å². The molecule has 0 aliphatic carbocycles. The number of carboxylic acid groups (broad SMARTS) is 2. The van der Waals surface area contributed by atoms with Gasteiger partial charge in [-0.1, -0.05) is 66.7 Å². The average molecular weight is 958 g/mol. The van der Waals surface area contributed by atoms with Crippen molar-refractivity contribution in [3.05, 3.63) is 126 Å². The number of carboxylic acids is 2. The maximum Gasteiger partial charge on any atom is 0.326 e. The number of nitrogens with zero attached hydrogens (tertiary/aromatic N) is 2. The van der Waals surface area contributed by atoms with Crippen LogP contribution in [0.15, 0.2) is 104 Å². The fourth-order valence-corrected chi connectivity index (χ4v) is 8.62. The summed E-state index contributed by atoms with van der Waals surface area (Å²) in [6.07, 6.45) is 5.96. The lowest BCUT2D eigenvalue weighted by Gasteiger charge is -2.29. The van der Waals surface area contributed by atoms with Crippen LogP contribution >= 0.6 is 0 Å². The second-order valence-electron chi connectivity index (χ2n) is 17.3. The number of amides is 6. The fourth-order valence-electron chi connectivity index (χ4n) is 8.62. The van der Waals surface area contributed by atoms with E-state index in [1.807, 2.05) is 54.7 Å². The number of aromatic amines is 3. The predicted octanol–water partition coefficient (Wildman–Crippen LogP) is 0.964. The maximum absolute atomic E-state index is 14.3. The number of aliphatic carboxylic acids is 2. The number of carbonyl (C=O) groups is 8. The first kappa shape index (κ1) is 49.6. The zero-order valence-corrected chi connectivity index (χ0v) is 38.1. The summed E-state index contributed by atoms with van der Waals surface area (Å²) in [6.45, 7) is 1.65. The molecule has 1 aliphatic heterocycles. The van der Waals surface area contributed by atoms with E-state index in [-0.39, 0.29) is 32.2 Å². The number of imidazole rings is 1. The number of rotatable bonds is 22. The highest BCUT2D eigenvalue weighted by Crippen LogP contribution is 2.24. The summed E-state index contributed by atoms with van der Waals surface area (Å²) in [7, 11) is 0. The molecule has 0 bridgehead atoms. The Labute approximate surface area is 400 Å². The van der Waals surface area contributed by atoms with Gasteiger partial charge in [-0.15, -0.1) is 0 Å². The molecule has 12 N–H and O–H groups in total. The molecule has 70 heavy (non-hydrogen) atoms. The first-order valence-electron chi connectivity index (χ1n) is 22.8. The molecule has 6 aromatic rings. The topological polar surface area (TPSA) is 327 Å². The molecule has 21 heteroatoms. The number of fused-ring (bicyclic) bond motifs is 2. The zero-order chi connectivity index (χ0) is 49.9. The molecule has 366 valence electrons. The zero-order valence-electron chi connectivity index (χ0n) is 38.1. The van der Waals surface area contributed by atoms with Gasteiger partial charge in [0.15, 0.2) is 0 Å². The number of hydrogen-bond acceptors (Lipinski definition) is 10. The van der Waals surface area contributed by atoms with Crippen LogP contribution in [0.5, 0.6) is 0 Å². The van der Waals surface area contributed by atoms with E-state index >= 15 is 0 Å². The third-order valence-corrected chi connectivity index (χ3v) is 12.3. The molecule has 21 nitrogen and oxygen atoms in total. The summed E-state index contributed by atoms with van der Waals surface area (Å²) in [5, 5.41) is 33.9. The van der Waals surface area contributed by atoms with Crippen molar-refractivity contribution in [3.8, 4) is 0 Å². The lowest BCUT2D eigenvalue weighted by Crippen LogP contribution is -2.60. The molecule has 0 radical (unpaired) electrons. The quantitative estimate of drug-likeness (QED) is 0.0454. The van der Waals surface area contributed by atoms with Gasteiger partial charge in [-0.3, -0.25) is 33.6 Å². The Bertz CT molecular complexity index is 2850. The monoisotopic (exact) mass is 957 g/mol. The number of nitrogens with two attached hydrogens (primary N) is 1. The second-order valence-corrected chi connectivity index (χ2v) is 17.3. The minimum absolute atomic E-state index is 0.0205. The van der Waals surface area contributed by atoms with Crippen LogP contribution in [0.4, 0.5) is 0 Å². The maximum atomic E-state index is 14.3. The number of benzene rings is 3. The van der Waals surface area contributed by atoms with E-state index in [1.54, 1.807) is 36.5 Å². The van der Waals surface area contributed by atoms with Crippen molar-refractivity contribution in [2.75, 3.05) is 6.54 Å². The fraction of sp³-hybridized carbons (Fsp3) is 0.327. The first-order valence-corrected chi connectivity index (χ1v) is 22.8. The number of H-pyrrole nitrogens is 3. The van der Waals surface area contributed by atoms with Gasteiger partial charge < -0.3 is 62.4 Å². The Kier molecular flexibility index (Phi) is 16.0. The van der Waals surface area contributed by atoms with Gasteiger partial charge in [0.25, 0.3) is 0 Å². The molecule has 7 rings (SSSR count). The van der Waals surface area contributed by atoms with E-state index in [0.29, 0.717) is 29.7 Å². The highest BCUT2D eigenvalue weighted by Gasteiger charge is 2.39. The van der Waals surface area contributed by atoms with Gasteiger partial charge >= 0.3 is 11.9 Å². The van der Waals surface area contributed by atoms with E-state index in [9.17, 15) is 48.6 Å². The minimum atomic E-state index is -1.77. The smallest absolute Gasteiger partial charge is 0.326 e. The van der Waals surface area contributed by atoms with Crippen LogP contribution in [0.2, 0.25) is 0 Å². The summed E-state index contributed by atoms with van der Waals surface area (Å²) < 4.78 is 0. The Hall–Kier alpha value is -8.33. The Morgan fingerprint density at radius 2 is 1.24 bits per heavy atom. The number of nitrogens with one attached hydrogen (secondary N) is 8. The second kappa shape index (κ2) is 22.6. The third-order valence-electron chi connectivity index (χ3n) is 12.3. The van der Waals surface area contributed by atoms with Gasteiger partial charge in [-0.2, -0.15) is 0 Å². The first-order chi connectivity index (χ1) is 33.6. The van der Waals surface area contributed by atoms with Crippen molar-refractivity contribution in [2.45, 2.75) is 94.2 Å². The highest BCUT2D eigenvalue weighted by molar-refractivity contribution is 5.98. The Morgan fingerprint density at radius 1 is 0.671 bits per heavy atom. The van der Waals surface area contributed by atoms with Crippen molar-refractivity contribution in [3.63, 3.8) is 0 Å². The molecule has 1 saturated heterocycles. The molecule has 3 aromatic carbocycles. The van der Waals surface area contributed by atoms with Crippen LogP contribution in [0.1, 0.15) is 48.6 Å². The van der Waals surface area contributed by atoms with Crippen LogP contribution in [-0.4, -0.2) is 131 Å². The third kappa shape index (κ3) is 12.4. The Morgan fingerprint density at radius 3 is 1.87 bits per heavy atom. The normalized spacial score (nSPS) is 16.0. The van der Waals surface area contributed by atoms with E-state index < -0.39 is 96.1 Å². The SMILES string of the molecule is C[C@H](NC(=O)[C@H](Cc1c[nH]c2ccccc12)NC(=O)[C@@H]1CCCN1C(=O)[C@@H](N)Cc1c[nH]c2ccccc12)C(=O)N[C@@H](Cc1ccccc1)C(=O)N[C@@H](CC(=O)O)C(=O)N[C@@H](Cc1cnc[nH]1)C(=O)O. The summed E-state index contributed by atoms with van der Waals surface area (Å²) >= 11 is 0. The average Bonchev–Trinajstić information content (AvgIpc) is 4.19. The predicted molar refractivity (Wildman–Crippen MR) is 254 cm³/mol. The van der Waals surface area contributed by atoms with Crippen LogP contribution in [0, 0.1) is 0 Å². The highest BCUT2D eigenvalue weighted by atomic mass is 16.4. The summed E-state index contributed by atoms with van der Waals surface area (Å²) in [6, 6.07) is 14.3. The standard InChI is InChI=1S/C49H55N11O10/c1-27(43(63)56-37(18-28-10-3-2-4-11-28)45(65)57-39(22-42(61)62)46(66)59-40(49(69)70)21-31-25-51-26-54-31)55-44(64)38(20-30-24-53-36-15-8-6-13-33(30)36)58-47(67)41-16-9-17-60(41)48(68)34(50)19-29-23-52-35-14-7-5-12-32(29)35/h2-8,10-15,23-27,34,37-41,52-53H,9,16-22,50H2,1H3,(H,51,54)(H,55,64)(H,56,63)(H,57,65)(H,58,67)(H,59,66)(H,61,62)(H,69,70)/t27-,34-,37-,38-,39-,40-,41-/m0/s1. The molecule has 0 unspecified atom stereocenters. The number of para-hydroxylation sites is 2. The summed E-state index contributed by atoms with van der Waals surface area (Å²) in [5.41, 5.74) is 10.7. The Balaban J connectivity index is 1.05. The molecule has 0 spiro atoms. The van der Waals surface area contributed by atoms with Gasteiger partial charge in [-0.25, -0.2) is 9.78 Å². The van der Waals surface area contributed by atoms with Crippen LogP contribution in [-0.2, 0) is 64.0 Å². The van der Waals surface area contributed by atoms with Gasteiger partial charge in [0.05, 0.1) is 18.8 Å². The molecule has 4 heterocycles. The number of likely N-dealkylation sites (tertiary alicyclic amines) is 1. The molecule has 1 aliphatic rings. The minimum Gasteiger partial charge on any atom is -0.481 e. The van der Waals surface area contributed by atoms with Crippen molar-refractivity contribution in [1.82, 2.24) is 51.4 Å². The number of carbonyl (C=O) groups excluding carboxylic acids is 6. The molecular formula is C49H55N11O10. The summed E-state index contributed by atoms with van der Waals surface area (Å²) in [4.78, 5) is 122. The molecule has 1 fully saturated rings. The molecule has 6 amide bonds. The van der Waals surface area contributed by atoms with Crippen LogP contribution < -0.4 is 32.3 Å². The number of hydrogen-bond donors (Lipinski definition) is 11. The van der Waals surface area contributed by atoms with Crippen molar-refractivity contribution < 1.29 is 48.6 Å². The van der Waals surface area contributed by atoms with E-state index in [0.717, 1.165) is 27.4 Å². The lowest BCUT2D eigenvalue weighted by atomic mass is 10.0. The van der Waals surface area contributed by atoms with Crippen molar-refractivity contribution >= 4 is 69.2 Å². The molecule has 0 saturated carbocycles. The van der Waals surface area contributed by atoms with Crippen molar-refractivity contribution in [2.24, 2.45) is 5.73 Å². The largest absolute Gasteiger partial charge is 0.481 e. The van der Waals surface area contributed by atoms with Gasteiger partial charge in [0, 0.05) is 71.9 Å². The molecular weight excluding hydrogens is 903 g/mol. The van der Waals surface area contributed by atoms with Crippen LogP contribution in [0.3, 0.4) is 0 Å². The van der Waals surface area contributed by atoms with Gasteiger partial charge in [0.1, 0.15) is 36.3 Å². The molecule has 3 aromatic heterocycles. The lowest BCUT2D eigenvalue weighted by molar-refractivity contribution is -0.143. The van der Waals surface area contributed by atoms with Gasteiger partial charge in [-0.05, 0) is 55.0 Å². The van der Waals surface area contributed by atoms with E-state index in [4.69, 9.17) is 5.73 Å². The van der Waals surface area contributed by atoms with Gasteiger partial charge in [0.2, 0.25) is 35.4 Å². The molecule has 7 atom stereocenters. The van der Waals surface area contributed by atoms with E-state index in [2.05, 4.69) is 46.5 Å². The number of aromatic nitrogens is 4.